The standard InChI is InChI=1S/C21H6N/c1-2-3-4-5-6-13-22(20-11-7-9-16-14-18(16)20)21-12-8-10-17-15-19(17)21/h9-10,14-15H,1H2/q-3. The molecule has 0 amide bonds. The summed E-state index contributed by atoms with van der Waals surface area (Å²) < 4.78 is 0. The van der Waals surface area contributed by atoms with Gasteiger partial charge in [0.15, 0.2) is 0 Å². The second-order valence-corrected chi connectivity index (χ2v) is 4.68. The maximum atomic E-state index is 3.40. The Hall–Kier alpha value is -3.83. The van der Waals surface area contributed by atoms with Crippen molar-refractivity contribution >= 4 is 11.4 Å². The Balaban J connectivity index is 1.77. The van der Waals surface area contributed by atoms with Gasteiger partial charge in [0.05, 0.1) is 0 Å². The van der Waals surface area contributed by atoms with Crippen molar-refractivity contribution in [3.05, 3.63) is 78.4 Å². The summed E-state index contributed by atoms with van der Waals surface area (Å²) in [6, 6.07) is 19.1. The fourth-order valence-corrected chi connectivity index (χ4v) is 2.15. The van der Waals surface area contributed by atoms with Crippen molar-refractivity contribution in [2.75, 3.05) is 4.90 Å². The first-order chi connectivity index (χ1) is 10.9. The summed E-state index contributed by atoms with van der Waals surface area (Å²) in [5, 5.41) is 0. The van der Waals surface area contributed by atoms with Crippen molar-refractivity contribution in [2.24, 2.45) is 0 Å². The Kier molecular flexibility index (Phi) is 2.51. The topological polar surface area (TPSA) is 3.24 Å². The van der Waals surface area contributed by atoms with E-state index in [0.29, 0.717) is 0 Å². The quantitative estimate of drug-likeness (QED) is 0.308. The number of rotatable bonds is 2. The molecule has 0 aromatic heterocycles. The molecule has 2 aliphatic carbocycles. The Morgan fingerprint density at radius 2 is 1.45 bits per heavy atom. The highest BCUT2D eigenvalue weighted by Gasteiger charge is 2.16. The summed E-state index contributed by atoms with van der Waals surface area (Å²) in [6.07, 6.45) is 4.15. The molecular weight excluding hydrogens is 266 g/mol. The maximum absolute atomic E-state index is 3.40. The third-order valence-electron chi connectivity index (χ3n) is 3.29. The molecule has 98 valence electrons. The van der Waals surface area contributed by atoms with E-state index in [0.717, 1.165) is 22.5 Å². The minimum atomic E-state index is 0.869. The molecule has 2 aromatic rings. The number of hydrogen-bond donors (Lipinski definition) is 0. The first-order valence-electron chi connectivity index (χ1n) is 6.58. The zero-order chi connectivity index (χ0) is 14.9. The van der Waals surface area contributed by atoms with Crippen LogP contribution in [0.3, 0.4) is 0 Å². The van der Waals surface area contributed by atoms with E-state index < -0.39 is 0 Å². The minimum Gasteiger partial charge on any atom is -0.331 e. The lowest BCUT2D eigenvalue weighted by Gasteiger charge is -2.22. The first kappa shape index (κ1) is 12.0. The molecule has 0 bridgehead atoms. The lowest BCUT2D eigenvalue weighted by molar-refractivity contribution is 1.34. The van der Waals surface area contributed by atoms with Gasteiger partial charge < -0.3 is 4.90 Å². The lowest BCUT2D eigenvalue weighted by atomic mass is 10.3. The summed E-state index contributed by atoms with van der Waals surface area (Å²) in [7, 11) is 0. The molecule has 2 aromatic carbocycles. The molecule has 4 rings (SSSR count). The van der Waals surface area contributed by atoms with Crippen molar-refractivity contribution in [1.29, 1.82) is 0 Å². The van der Waals surface area contributed by atoms with Crippen LogP contribution in [0.5, 0.6) is 0 Å². The fraction of sp³-hybridized carbons (Fsp3) is 0. The van der Waals surface area contributed by atoms with E-state index in [1.54, 1.807) is 0 Å². The van der Waals surface area contributed by atoms with Crippen molar-refractivity contribution < 1.29 is 0 Å². The van der Waals surface area contributed by atoms with Gasteiger partial charge in [-0.15, -0.1) is 42.3 Å². The molecule has 1 nitrogen and oxygen atoms in total. The third-order valence-corrected chi connectivity index (χ3v) is 3.29. The molecule has 0 heterocycles. The average Bonchev–Trinajstić information content (AvgIpc) is 3.43. The smallest absolute Gasteiger partial charge is 0.0167 e. The second-order valence-electron chi connectivity index (χ2n) is 4.68. The summed E-state index contributed by atoms with van der Waals surface area (Å²) in [4.78, 5) is 1.84. The fourth-order valence-electron chi connectivity index (χ4n) is 2.15. The van der Waals surface area contributed by atoms with Crippen molar-refractivity contribution in [2.45, 2.75) is 0 Å². The van der Waals surface area contributed by atoms with Crippen LogP contribution in [0.4, 0.5) is 11.4 Å². The zero-order valence-electron chi connectivity index (χ0n) is 11.5. The third kappa shape index (κ3) is 2.00. The van der Waals surface area contributed by atoms with Crippen LogP contribution < -0.4 is 4.90 Å². The predicted octanol–water partition coefficient (Wildman–Crippen LogP) is 2.66. The van der Waals surface area contributed by atoms with Gasteiger partial charge in [-0.05, 0) is 5.92 Å². The molecule has 0 saturated heterocycles. The molecule has 22 heavy (non-hydrogen) atoms. The van der Waals surface area contributed by atoms with E-state index in [4.69, 9.17) is 0 Å². The van der Waals surface area contributed by atoms with E-state index in [2.05, 4.69) is 79.7 Å². The lowest BCUT2D eigenvalue weighted by Crippen LogP contribution is -2.09. The van der Waals surface area contributed by atoms with E-state index in [-0.39, 0.29) is 0 Å². The van der Waals surface area contributed by atoms with Gasteiger partial charge in [-0.1, -0.05) is 0 Å². The molecule has 0 atom stereocenters. The summed E-state index contributed by atoms with van der Waals surface area (Å²) in [6.45, 7) is 3.40. The number of fused-ring (bicyclic) bond motifs is 2. The van der Waals surface area contributed by atoms with Gasteiger partial charge in [-0.3, -0.25) is 5.92 Å². The number of nitrogens with zero attached hydrogens (tertiary/aromatic N) is 1. The highest BCUT2D eigenvalue weighted by atomic mass is 15.1. The van der Waals surface area contributed by atoms with Gasteiger partial charge in [0, 0.05) is 23.3 Å². The van der Waals surface area contributed by atoms with Crippen molar-refractivity contribution in [3.8, 4) is 35.6 Å². The van der Waals surface area contributed by atoms with Crippen molar-refractivity contribution in [1.82, 2.24) is 0 Å². The zero-order valence-corrected chi connectivity index (χ0v) is 11.5. The second kappa shape index (κ2) is 4.62. The summed E-state index contributed by atoms with van der Waals surface area (Å²) >= 11 is 0. The van der Waals surface area contributed by atoms with Gasteiger partial charge in [0.1, 0.15) is 0 Å². The molecule has 0 aliphatic heterocycles. The molecule has 0 spiro atoms. The van der Waals surface area contributed by atoms with E-state index in [1.807, 2.05) is 17.0 Å². The van der Waals surface area contributed by atoms with Gasteiger partial charge in [0.25, 0.3) is 0 Å². The van der Waals surface area contributed by atoms with Crippen LogP contribution in [0.1, 0.15) is 22.3 Å². The Bertz CT molecular complexity index is 909. The largest absolute Gasteiger partial charge is 0.331 e. The Labute approximate surface area is 131 Å². The van der Waals surface area contributed by atoms with Crippen molar-refractivity contribution in [3.63, 3.8) is 0 Å². The van der Waals surface area contributed by atoms with E-state index in [9.17, 15) is 0 Å². The van der Waals surface area contributed by atoms with E-state index >= 15 is 0 Å². The SMILES string of the molecule is [CH2-]C#CC#CC#CN(c1c#ccc2c1[CH-]2)c1c#ccc2c1[CH-]2. The molecule has 0 fully saturated rings. The highest BCUT2D eigenvalue weighted by molar-refractivity contribution is 5.84. The molecule has 0 radical (unpaired) electrons. The molecule has 0 saturated carbocycles. The molecule has 1 heteroatoms. The monoisotopic (exact) mass is 272 g/mol. The number of anilines is 2. The van der Waals surface area contributed by atoms with Crippen LogP contribution in [-0.4, -0.2) is 0 Å². The van der Waals surface area contributed by atoms with Crippen LogP contribution in [0.25, 0.3) is 0 Å². The summed E-state index contributed by atoms with van der Waals surface area (Å²) in [5.74, 6) is 13.2. The summed E-state index contributed by atoms with van der Waals surface area (Å²) in [5.41, 5.74) is 6.33. The molecule has 0 N–H and O–H groups in total. The van der Waals surface area contributed by atoms with E-state index in [1.165, 1.54) is 11.1 Å². The minimum absolute atomic E-state index is 0.869. The van der Waals surface area contributed by atoms with Crippen LogP contribution in [0, 0.1) is 79.7 Å². The van der Waals surface area contributed by atoms with Crippen LogP contribution in [0.2, 0.25) is 0 Å². The Morgan fingerprint density at radius 3 is 2.05 bits per heavy atom. The normalized spacial score (nSPS) is 9.82. The highest BCUT2D eigenvalue weighted by Crippen LogP contribution is 2.44. The van der Waals surface area contributed by atoms with Gasteiger partial charge in [-0.2, -0.15) is 42.0 Å². The molecular formula is C21H6N-3. The average molecular weight is 272 g/mol. The number of hydrogen-bond acceptors (Lipinski definition) is 1. The maximum Gasteiger partial charge on any atom is 0.0167 e. The predicted molar refractivity (Wildman–Crippen MR) is 84.1 cm³/mol. The molecule has 2 aliphatic rings. The van der Waals surface area contributed by atoms with Crippen LogP contribution in [0.15, 0.2) is 12.1 Å². The first-order valence-corrected chi connectivity index (χ1v) is 6.58. The van der Waals surface area contributed by atoms with Gasteiger partial charge in [-0.25, -0.2) is 5.92 Å². The van der Waals surface area contributed by atoms with Gasteiger partial charge >= 0.3 is 0 Å². The molecule has 0 unspecified atom stereocenters. The Morgan fingerprint density at radius 1 is 0.864 bits per heavy atom. The van der Waals surface area contributed by atoms with Gasteiger partial charge in [0.2, 0.25) is 0 Å². The van der Waals surface area contributed by atoms with Crippen LogP contribution in [-0.2, 0) is 0 Å². The van der Waals surface area contributed by atoms with Crippen LogP contribution >= 0.6 is 0 Å².